The second-order valence-corrected chi connectivity index (χ2v) is 5.60. The molecule has 0 atom stereocenters. The zero-order valence-electron chi connectivity index (χ0n) is 14.5. The highest BCUT2D eigenvalue weighted by molar-refractivity contribution is 6.32. The van der Waals surface area contributed by atoms with Crippen molar-refractivity contribution in [3.8, 4) is 11.5 Å². The van der Waals surface area contributed by atoms with Crippen LogP contribution in [0.25, 0.3) is 0 Å². The van der Waals surface area contributed by atoms with Crippen LogP contribution in [0.2, 0.25) is 5.02 Å². The van der Waals surface area contributed by atoms with E-state index in [1.54, 1.807) is 30.3 Å². The first kappa shape index (κ1) is 19.3. The number of hydrogen-bond donors (Lipinski definition) is 2. The number of carbonyl (C=O) groups is 2. The summed E-state index contributed by atoms with van der Waals surface area (Å²) in [7, 11) is 2.91. The Hall–Kier alpha value is -2.99. The minimum absolute atomic E-state index is 0.244. The summed E-state index contributed by atoms with van der Waals surface area (Å²) >= 11 is 6.14. The van der Waals surface area contributed by atoms with Gasteiger partial charge in [-0.3, -0.25) is 9.59 Å². The molecule has 2 aromatic carbocycles. The van der Waals surface area contributed by atoms with Gasteiger partial charge in [0.25, 0.3) is 11.8 Å². The van der Waals surface area contributed by atoms with Crippen LogP contribution in [-0.4, -0.2) is 32.6 Å². The van der Waals surface area contributed by atoms with Crippen molar-refractivity contribution in [3.05, 3.63) is 65.2 Å². The van der Waals surface area contributed by atoms with E-state index in [1.165, 1.54) is 26.4 Å². The maximum absolute atomic E-state index is 12.6. The first-order valence-corrected chi connectivity index (χ1v) is 8.10. The number of para-hydroxylation sites is 1. The highest BCUT2D eigenvalue weighted by Gasteiger charge is 2.17. The average molecular weight is 375 g/mol. The number of nitrogens with one attached hydrogen (secondary N) is 2. The molecule has 2 amide bonds. The second-order valence-electron chi connectivity index (χ2n) is 5.19. The number of anilines is 1. The second kappa shape index (κ2) is 8.92. The Morgan fingerprint density at radius 2 is 1.88 bits per heavy atom. The molecular weight excluding hydrogens is 356 g/mol. The van der Waals surface area contributed by atoms with Gasteiger partial charge in [-0.05, 0) is 24.3 Å². The molecule has 6 nitrogen and oxygen atoms in total. The lowest BCUT2D eigenvalue weighted by atomic mass is 10.1. The minimum atomic E-state index is -0.433. The van der Waals surface area contributed by atoms with Gasteiger partial charge in [0, 0.05) is 12.1 Å². The fraction of sp³-hybridized carbons (Fsp3) is 0.158. The lowest BCUT2D eigenvalue weighted by Crippen LogP contribution is -2.25. The van der Waals surface area contributed by atoms with Gasteiger partial charge in [-0.15, -0.1) is 6.58 Å². The fourth-order valence-electron chi connectivity index (χ4n) is 2.29. The molecule has 0 aliphatic heterocycles. The van der Waals surface area contributed by atoms with Gasteiger partial charge in [-0.1, -0.05) is 29.8 Å². The van der Waals surface area contributed by atoms with Gasteiger partial charge in [0.1, 0.15) is 0 Å². The summed E-state index contributed by atoms with van der Waals surface area (Å²) in [5, 5.41) is 5.64. The monoisotopic (exact) mass is 374 g/mol. The normalized spacial score (nSPS) is 9.96. The van der Waals surface area contributed by atoms with Gasteiger partial charge < -0.3 is 20.1 Å². The van der Waals surface area contributed by atoms with Crippen molar-refractivity contribution < 1.29 is 19.1 Å². The highest BCUT2D eigenvalue weighted by atomic mass is 35.5. The predicted molar refractivity (Wildman–Crippen MR) is 101 cm³/mol. The summed E-state index contributed by atoms with van der Waals surface area (Å²) in [4.78, 5) is 24.8. The summed E-state index contributed by atoms with van der Waals surface area (Å²) in [6.45, 7) is 3.88. The van der Waals surface area contributed by atoms with Gasteiger partial charge in [-0.2, -0.15) is 0 Å². The molecule has 2 rings (SSSR count). The molecule has 0 unspecified atom stereocenters. The van der Waals surface area contributed by atoms with Gasteiger partial charge in [0.2, 0.25) is 0 Å². The molecule has 0 fully saturated rings. The SMILES string of the molecule is C=CCNC(=O)c1ccccc1NC(=O)c1cc(Cl)c(OC)c(OC)c1. The Bertz CT molecular complexity index is 836. The largest absolute Gasteiger partial charge is 0.493 e. The standard InChI is InChI=1S/C19H19ClN2O4/c1-4-9-21-19(24)13-7-5-6-8-15(13)22-18(23)12-10-14(20)17(26-3)16(11-12)25-2/h4-8,10-11H,1,9H2,2-3H3,(H,21,24)(H,22,23). The van der Waals surface area contributed by atoms with Crippen LogP contribution >= 0.6 is 11.6 Å². The summed E-state index contributed by atoms with van der Waals surface area (Å²) in [5.74, 6) is -0.0694. The topological polar surface area (TPSA) is 76.7 Å². The van der Waals surface area contributed by atoms with E-state index >= 15 is 0 Å². The third-order valence-corrected chi connectivity index (χ3v) is 3.80. The van der Waals surface area contributed by atoms with Gasteiger partial charge >= 0.3 is 0 Å². The molecule has 0 bridgehead atoms. The number of methoxy groups -OCH3 is 2. The molecular formula is C19H19ClN2O4. The molecule has 0 aliphatic rings. The molecule has 2 aromatic rings. The number of hydrogen-bond acceptors (Lipinski definition) is 4. The zero-order chi connectivity index (χ0) is 19.1. The van der Waals surface area contributed by atoms with Crippen LogP contribution < -0.4 is 20.1 Å². The smallest absolute Gasteiger partial charge is 0.255 e. The third kappa shape index (κ3) is 4.34. The third-order valence-electron chi connectivity index (χ3n) is 3.52. The van der Waals surface area contributed by atoms with Crippen molar-refractivity contribution in [3.63, 3.8) is 0 Å². The molecule has 26 heavy (non-hydrogen) atoms. The maximum atomic E-state index is 12.6. The van der Waals surface area contributed by atoms with Crippen molar-refractivity contribution in [1.29, 1.82) is 0 Å². The average Bonchev–Trinajstić information content (AvgIpc) is 2.65. The highest BCUT2D eigenvalue weighted by Crippen LogP contribution is 2.36. The minimum Gasteiger partial charge on any atom is -0.493 e. The van der Waals surface area contributed by atoms with Crippen LogP contribution in [0.1, 0.15) is 20.7 Å². The van der Waals surface area contributed by atoms with E-state index in [1.807, 2.05) is 0 Å². The maximum Gasteiger partial charge on any atom is 0.255 e. The number of ether oxygens (including phenoxy) is 2. The van der Waals surface area contributed by atoms with E-state index in [4.69, 9.17) is 21.1 Å². The van der Waals surface area contributed by atoms with Crippen molar-refractivity contribution in [2.45, 2.75) is 0 Å². The molecule has 0 spiro atoms. The van der Waals surface area contributed by atoms with E-state index in [0.717, 1.165) is 0 Å². The molecule has 7 heteroatoms. The van der Waals surface area contributed by atoms with Crippen molar-refractivity contribution in [2.75, 3.05) is 26.1 Å². The number of amides is 2. The summed E-state index contributed by atoms with van der Waals surface area (Å²) in [6.07, 6.45) is 1.57. The van der Waals surface area contributed by atoms with E-state index in [9.17, 15) is 9.59 Å². The summed E-state index contributed by atoms with van der Waals surface area (Å²) in [5.41, 5.74) is 0.994. The van der Waals surface area contributed by atoms with Crippen LogP contribution in [0.4, 0.5) is 5.69 Å². The Morgan fingerprint density at radius 1 is 1.15 bits per heavy atom. The Balaban J connectivity index is 2.30. The van der Waals surface area contributed by atoms with Crippen LogP contribution in [0, 0.1) is 0 Å². The predicted octanol–water partition coefficient (Wildman–Crippen LogP) is 3.53. The van der Waals surface area contributed by atoms with Gasteiger partial charge in [-0.25, -0.2) is 0 Å². The summed E-state index contributed by atoms with van der Waals surface area (Å²) in [6, 6.07) is 9.69. The van der Waals surface area contributed by atoms with E-state index in [-0.39, 0.29) is 16.5 Å². The zero-order valence-corrected chi connectivity index (χ0v) is 15.2. The Kier molecular flexibility index (Phi) is 6.63. The number of carbonyl (C=O) groups excluding carboxylic acids is 2. The van der Waals surface area contributed by atoms with Gasteiger partial charge in [0.05, 0.1) is 30.5 Å². The number of rotatable bonds is 7. The van der Waals surface area contributed by atoms with Crippen LogP contribution in [0.15, 0.2) is 49.1 Å². The molecule has 136 valence electrons. The van der Waals surface area contributed by atoms with Crippen molar-refractivity contribution >= 4 is 29.1 Å². The Labute approximate surface area is 156 Å². The number of halogens is 1. The molecule has 0 saturated heterocycles. The lowest BCUT2D eigenvalue weighted by molar-refractivity contribution is 0.0959. The van der Waals surface area contributed by atoms with E-state index in [0.29, 0.717) is 29.3 Å². The molecule has 0 heterocycles. The number of benzene rings is 2. The summed E-state index contributed by atoms with van der Waals surface area (Å²) < 4.78 is 10.4. The van der Waals surface area contributed by atoms with E-state index < -0.39 is 5.91 Å². The lowest BCUT2D eigenvalue weighted by Gasteiger charge is -2.13. The fourth-order valence-corrected chi connectivity index (χ4v) is 2.58. The van der Waals surface area contributed by atoms with Crippen molar-refractivity contribution in [1.82, 2.24) is 5.32 Å². The molecule has 0 saturated carbocycles. The molecule has 2 N–H and O–H groups in total. The first-order valence-electron chi connectivity index (χ1n) is 7.72. The van der Waals surface area contributed by atoms with Crippen molar-refractivity contribution in [2.24, 2.45) is 0 Å². The molecule has 0 radical (unpaired) electrons. The van der Waals surface area contributed by atoms with Gasteiger partial charge in [0.15, 0.2) is 11.5 Å². The molecule has 0 aliphatic carbocycles. The Morgan fingerprint density at radius 3 is 2.54 bits per heavy atom. The quantitative estimate of drug-likeness (QED) is 0.727. The van der Waals surface area contributed by atoms with E-state index in [2.05, 4.69) is 17.2 Å². The van der Waals surface area contributed by atoms with Crippen LogP contribution in [0.3, 0.4) is 0 Å². The van der Waals surface area contributed by atoms with Crippen LogP contribution in [-0.2, 0) is 0 Å². The molecule has 0 aromatic heterocycles. The first-order chi connectivity index (χ1) is 12.5. The van der Waals surface area contributed by atoms with Crippen LogP contribution in [0.5, 0.6) is 11.5 Å².